The maximum atomic E-state index is 11.2. The van der Waals surface area contributed by atoms with Gasteiger partial charge in [-0.1, -0.05) is 0 Å². The lowest BCUT2D eigenvalue weighted by Gasteiger charge is -2.24. The number of anilines is 1. The van der Waals surface area contributed by atoms with Crippen molar-refractivity contribution in [3.05, 3.63) is 22.2 Å². The fraction of sp³-hybridized carbons (Fsp3) is 0.333. The summed E-state index contributed by atoms with van der Waals surface area (Å²) in [6.07, 6.45) is 0. The lowest BCUT2D eigenvalue weighted by Crippen LogP contribution is -2.29. The molecule has 1 aromatic rings. The van der Waals surface area contributed by atoms with Gasteiger partial charge in [0, 0.05) is 12.1 Å². The molecule has 1 atom stereocenters. The van der Waals surface area contributed by atoms with Gasteiger partial charge in [-0.2, -0.15) is 0 Å². The predicted octanol–water partition coefficient (Wildman–Crippen LogP) is 0.435. The van der Waals surface area contributed by atoms with E-state index in [2.05, 4.69) is 5.32 Å². The molecule has 0 amide bonds. The van der Waals surface area contributed by atoms with E-state index in [1.54, 1.807) is 6.92 Å². The zero-order valence-electron chi connectivity index (χ0n) is 9.41. The van der Waals surface area contributed by atoms with Gasteiger partial charge in [0.1, 0.15) is 6.61 Å². The third-order valence-electron chi connectivity index (χ3n) is 2.46. The van der Waals surface area contributed by atoms with Gasteiger partial charge in [-0.3, -0.25) is 10.1 Å². The summed E-state index contributed by atoms with van der Waals surface area (Å²) in [4.78, 5) is 9.91. The Hall–Kier alpha value is -1.87. The number of benzene rings is 1. The molecule has 0 saturated carbocycles. The first-order valence-corrected chi connectivity index (χ1v) is 6.58. The molecule has 3 N–H and O–H groups in total. The predicted molar refractivity (Wildman–Crippen MR) is 63.0 cm³/mol. The van der Waals surface area contributed by atoms with Crippen LogP contribution >= 0.6 is 0 Å². The Morgan fingerprint density at radius 2 is 2.22 bits per heavy atom. The Kier molecular flexibility index (Phi) is 2.87. The third kappa shape index (κ3) is 2.22. The van der Waals surface area contributed by atoms with Gasteiger partial charge in [0.15, 0.2) is 11.4 Å². The minimum atomic E-state index is -4.02. The van der Waals surface area contributed by atoms with Crippen LogP contribution < -0.4 is 15.2 Å². The number of nitro benzene ring substituents is 1. The van der Waals surface area contributed by atoms with Gasteiger partial charge in [-0.05, 0) is 6.92 Å². The first-order chi connectivity index (χ1) is 8.29. The fourth-order valence-electron chi connectivity index (χ4n) is 1.65. The molecule has 0 aliphatic carbocycles. The van der Waals surface area contributed by atoms with E-state index < -0.39 is 14.9 Å². The Morgan fingerprint density at radius 3 is 2.78 bits per heavy atom. The molecule has 0 radical (unpaired) electrons. The highest BCUT2D eigenvalue weighted by Crippen LogP contribution is 2.39. The van der Waals surface area contributed by atoms with Crippen LogP contribution in [0, 0.1) is 10.1 Å². The van der Waals surface area contributed by atoms with E-state index in [4.69, 9.17) is 9.88 Å². The molecule has 0 aromatic heterocycles. The fourth-order valence-corrected chi connectivity index (χ4v) is 2.19. The minimum absolute atomic E-state index is 0.100. The van der Waals surface area contributed by atoms with Gasteiger partial charge in [0.2, 0.25) is 10.0 Å². The van der Waals surface area contributed by atoms with Crippen LogP contribution in [0.2, 0.25) is 0 Å². The Bertz CT molecular complexity index is 613. The number of fused-ring (bicyclic) bond motifs is 1. The summed E-state index contributed by atoms with van der Waals surface area (Å²) in [6, 6.07) is 2.00. The number of nitro groups is 1. The Labute approximate surface area is 103 Å². The normalized spacial score (nSPS) is 18.4. The first kappa shape index (κ1) is 12.6. The van der Waals surface area contributed by atoms with Crippen molar-refractivity contribution in [3.63, 3.8) is 0 Å². The second-order valence-corrected chi connectivity index (χ2v) is 5.54. The summed E-state index contributed by atoms with van der Waals surface area (Å²) >= 11 is 0. The average Bonchev–Trinajstić information content (AvgIpc) is 2.25. The van der Waals surface area contributed by atoms with Crippen molar-refractivity contribution in [2.45, 2.75) is 17.9 Å². The second kappa shape index (κ2) is 4.10. The second-order valence-electron chi connectivity index (χ2n) is 3.97. The molecule has 1 unspecified atom stereocenters. The van der Waals surface area contributed by atoms with Crippen LogP contribution in [0.5, 0.6) is 5.75 Å². The summed E-state index contributed by atoms with van der Waals surface area (Å²) in [7, 11) is -4.02. The third-order valence-corrected chi connectivity index (χ3v) is 3.35. The van der Waals surface area contributed by atoms with Crippen molar-refractivity contribution < 1.29 is 18.1 Å². The van der Waals surface area contributed by atoms with Crippen molar-refractivity contribution in [1.82, 2.24) is 0 Å². The molecule has 0 fully saturated rings. The minimum Gasteiger partial charge on any atom is -0.489 e. The van der Waals surface area contributed by atoms with E-state index >= 15 is 0 Å². The van der Waals surface area contributed by atoms with Crippen LogP contribution in [0.25, 0.3) is 0 Å². The van der Waals surface area contributed by atoms with Crippen LogP contribution in [-0.4, -0.2) is 26.0 Å². The highest BCUT2D eigenvalue weighted by atomic mass is 32.2. The zero-order chi connectivity index (χ0) is 13.5. The molecule has 1 aromatic carbocycles. The average molecular weight is 273 g/mol. The number of sulfonamides is 1. The van der Waals surface area contributed by atoms with E-state index in [1.807, 2.05) is 0 Å². The maximum Gasteiger partial charge on any atom is 0.297 e. The van der Waals surface area contributed by atoms with Crippen LogP contribution in [0.1, 0.15) is 6.92 Å². The molecular weight excluding hydrogens is 262 g/mol. The van der Waals surface area contributed by atoms with Gasteiger partial charge in [-0.25, -0.2) is 13.6 Å². The summed E-state index contributed by atoms with van der Waals surface area (Å²) in [5.41, 5.74) is -0.200. The van der Waals surface area contributed by atoms with Gasteiger partial charge in [-0.15, -0.1) is 0 Å². The van der Waals surface area contributed by atoms with Crippen LogP contribution in [-0.2, 0) is 10.0 Å². The standard InChI is InChI=1S/C9H11N3O5S/c1-5-4-17-8-3-6(18(10,15)16)2-7(12(13)14)9(8)11-5/h2-3,5,11H,4H2,1H3,(H2,10,15,16). The summed E-state index contributed by atoms with van der Waals surface area (Å²) < 4.78 is 27.7. The van der Waals surface area contributed by atoms with Gasteiger partial charge in [0.05, 0.1) is 15.9 Å². The molecule has 0 saturated heterocycles. The molecule has 8 nitrogen and oxygen atoms in total. The molecule has 1 aliphatic heterocycles. The number of ether oxygens (including phenoxy) is 1. The number of hydrogen-bond acceptors (Lipinski definition) is 6. The smallest absolute Gasteiger partial charge is 0.297 e. The monoisotopic (exact) mass is 273 g/mol. The molecule has 98 valence electrons. The highest BCUT2D eigenvalue weighted by Gasteiger charge is 2.28. The molecule has 9 heteroatoms. The zero-order valence-corrected chi connectivity index (χ0v) is 10.2. The van der Waals surface area contributed by atoms with Crippen LogP contribution in [0.4, 0.5) is 11.4 Å². The van der Waals surface area contributed by atoms with Crippen molar-refractivity contribution in [2.75, 3.05) is 11.9 Å². The molecular formula is C9H11N3O5S. The molecule has 2 rings (SSSR count). The number of nitrogens with zero attached hydrogens (tertiary/aromatic N) is 1. The largest absolute Gasteiger partial charge is 0.489 e. The molecule has 1 aliphatic rings. The quantitative estimate of drug-likeness (QED) is 0.594. The van der Waals surface area contributed by atoms with Crippen molar-refractivity contribution in [3.8, 4) is 5.75 Å². The number of nitrogens with one attached hydrogen (secondary N) is 1. The van der Waals surface area contributed by atoms with E-state index in [9.17, 15) is 18.5 Å². The Morgan fingerprint density at radius 1 is 1.56 bits per heavy atom. The van der Waals surface area contributed by atoms with Crippen LogP contribution in [0.3, 0.4) is 0 Å². The lowest BCUT2D eigenvalue weighted by molar-refractivity contribution is -0.384. The maximum absolute atomic E-state index is 11.2. The highest BCUT2D eigenvalue weighted by molar-refractivity contribution is 7.89. The Balaban J connectivity index is 2.67. The van der Waals surface area contributed by atoms with E-state index in [-0.39, 0.29) is 34.7 Å². The van der Waals surface area contributed by atoms with E-state index in [0.717, 1.165) is 6.07 Å². The number of nitrogens with two attached hydrogens (primary N) is 1. The summed E-state index contributed by atoms with van der Waals surface area (Å²) in [5, 5.41) is 18.8. The van der Waals surface area contributed by atoms with Crippen molar-refractivity contribution >= 4 is 21.4 Å². The number of hydrogen-bond donors (Lipinski definition) is 2. The van der Waals surface area contributed by atoms with Gasteiger partial charge in [0.25, 0.3) is 5.69 Å². The molecule has 1 heterocycles. The molecule has 0 bridgehead atoms. The van der Waals surface area contributed by atoms with E-state index in [1.165, 1.54) is 6.07 Å². The summed E-state index contributed by atoms with van der Waals surface area (Å²) in [5.74, 6) is 0.117. The van der Waals surface area contributed by atoms with E-state index in [0.29, 0.717) is 0 Å². The summed E-state index contributed by atoms with van der Waals surface area (Å²) in [6.45, 7) is 2.08. The van der Waals surface area contributed by atoms with Crippen molar-refractivity contribution in [1.29, 1.82) is 0 Å². The SMILES string of the molecule is CC1COc2cc(S(N)(=O)=O)cc([N+](=O)[O-])c2N1. The molecule has 0 spiro atoms. The van der Waals surface area contributed by atoms with Gasteiger partial charge < -0.3 is 10.1 Å². The first-order valence-electron chi connectivity index (χ1n) is 5.03. The number of primary sulfonamides is 1. The number of rotatable bonds is 2. The van der Waals surface area contributed by atoms with Crippen molar-refractivity contribution in [2.24, 2.45) is 5.14 Å². The van der Waals surface area contributed by atoms with Gasteiger partial charge >= 0.3 is 0 Å². The van der Waals surface area contributed by atoms with Crippen LogP contribution in [0.15, 0.2) is 17.0 Å². The molecule has 18 heavy (non-hydrogen) atoms. The lowest BCUT2D eigenvalue weighted by atomic mass is 10.2. The topological polar surface area (TPSA) is 125 Å².